The van der Waals surface area contributed by atoms with Gasteiger partial charge in [0.15, 0.2) is 0 Å². The Morgan fingerprint density at radius 1 is 0.465 bits per heavy atom. The summed E-state index contributed by atoms with van der Waals surface area (Å²) >= 11 is 0. The maximum atomic E-state index is 12.6. The van der Waals surface area contributed by atoms with Crippen molar-refractivity contribution in [3.05, 3.63) is 24.3 Å². The fraction of sp³-hybridized carbons (Fsp3) is 0.850. The number of ketones is 1. The summed E-state index contributed by atoms with van der Waals surface area (Å²) in [6.45, 7) is 4.53. The van der Waals surface area contributed by atoms with E-state index in [1.807, 2.05) is 0 Å². The lowest BCUT2D eigenvalue weighted by atomic mass is 9.92. The molecule has 1 atom stereocenters. The number of hydrogen-bond donors (Lipinski definition) is 1. The van der Waals surface area contributed by atoms with Crippen LogP contribution in [-0.2, 0) is 9.59 Å². The summed E-state index contributed by atoms with van der Waals surface area (Å²) in [5.41, 5.74) is 5.60. The average Bonchev–Trinajstić information content (AvgIpc) is 3.00. The number of unbranched alkanes of at least 4 members (excludes halogenated alkanes) is 25. The number of allylic oxidation sites excluding steroid dienone is 4. The second-order valence-corrected chi connectivity index (χ2v) is 13.2. The van der Waals surface area contributed by atoms with Gasteiger partial charge in [-0.1, -0.05) is 186 Å². The van der Waals surface area contributed by atoms with E-state index in [2.05, 4.69) is 38.2 Å². The zero-order valence-corrected chi connectivity index (χ0v) is 29.2. The van der Waals surface area contributed by atoms with Crippen LogP contribution < -0.4 is 5.73 Å². The second-order valence-electron chi connectivity index (χ2n) is 13.2. The molecule has 0 radical (unpaired) electrons. The molecule has 0 aliphatic carbocycles. The van der Waals surface area contributed by atoms with Crippen molar-refractivity contribution in [2.24, 2.45) is 11.7 Å². The van der Waals surface area contributed by atoms with E-state index in [4.69, 9.17) is 5.73 Å². The largest absolute Gasteiger partial charge is 0.369 e. The number of rotatable bonds is 35. The lowest BCUT2D eigenvalue weighted by molar-refractivity contribution is -0.132. The summed E-state index contributed by atoms with van der Waals surface area (Å²) in [5, 5.41) is 0. The van der Waals surface area contributed by atoms with Gasteiger partial charge >= 0.3 is 0 Å². The molecule has 0 bridgehead atoms. The first kappa shape index (κ1) is 41.6. The number of hydrogen-bond acceptors (Lipinski definition) is 2. The first-order chi connectivity index (χ1) is 21.1. The fourth-order valence-electron chi connectivity index (χ4n) is 6.00. The zero-order chi connectivity index (χ0) is 31.5. The monoisotopic (exact) mass is 602 g/mol. The Labute approximate surface area is 269 Å². The Morgan fingerprint density at radius 2 is 0.814 bits per heavy atom. The summed E-state index contributed by atoms with van der Waals surface area (Å²) in [6.07, 6.45) is 47.4. The molecule has 1 unspecified atom stereocenters. The van der Waals surface area contributed by atoms with Crippen LogP contribution >= 0.6 is 0 Å². The van der Waals surface area contributed by atoms with Gasteiger partial charge in [0.05, 0.1) is 5.92 Å². The highest BCUT2D eigenvalue weighted by Gasteiger charge is 2.22. The Morgan fingerprint density at radius 3 is 1.26 bits per heavy atom. The van der Waals surface area contributed by atoms with E-state index in [0.29, 0.717) is 12.8 Å². The zero-order valence-electron chi connectivity index (χ0n) is 29.2. The second kappa shape index (κ2) is 35.1. The minimum atomic E-state index is -0.563. The lowest BCUT2D eigenvalue weighted by Crippen LogP contribution is -2.30. The molecule has 43 heavy (non-hydrogen) atoms. The third-order valence-electron chi connectivity index (χ3n) is 8.95. The number of carbonyl (C=O) groups excluding carboxylic acids is 2. The number of Topliss-reactive ketones (excluding diaryl/α,β-unsaturated/α-hetero) is 1. The molecule has 252 valence electrons. The van der Waals surface area contributed by atoms with Crippen LogP contribution in [0.3, 0.4) is 0 Å². The average molecular weight is 602 g/mol. The first-order valence-corrected chi connectivity index (χ1v) is 19.2. The quantitative estimate of drug-likeness (QED) is 0.0446. The minimum Gasteiger partial charge on any atom is -0.369 e. The van der Waals surface area contributed by atoms with Crippen LogP contribution in [0, 0.1) is 5.92 Å². The van der Waals surface area contributed by atoms with Gasteiger partial charge in [0.25, 0.3) is 0 Å². The van der Waals surface area contributed by atoms with Gasteiger partial charge in [-0.3, -0.25) is 9.59 Å². The molecular weight excluding hydrogens is 526 g/mol. The van der Waals surface area contributed by atoms with Gasteiger partial charge in [0.1, 0.15) is 5.78 Å². The molecule has 3 nitrogen and oxygen atoms in total. The molecule has 0 rings (SSSR count). The highest BCUT2D eigenvalue weighted by atomic mass is 16.2. The topological polar surface area (TPSA) is 60.2 Å². The molecule has 0 saturated carbocycles. The summed E-state index contributed by atoms with van der Waals surface area (Å²) in [6, 6.07) is 0. The Kier molecular flexibility index (Phi) is 34.0. The standard InChI is InChI=1S/C40H75NO2/c1-3-5-7-9-11-13-15-17-19-20-21-23-24-26-28-30-32-34-36-38(40(41)43)39(42)37-35-33-31-29-27-25-22-18-16-14-12-10-8-6-4-2/h12,14,18,22,38H,3-11,13,15-17,19-21,23-37H2,1-2H3,(H2,41,43)/b14-12-,22-18-. The van der Waals surface area contributed by atoms with Crippen molar-refractivity contribution in [1.29, 1.82) is 0 Å². The van der Waals surface area contributed by atoms with E-state index in [1.54, 1.807) is 0 Å². The molecule has 2 N–H and O–H groups in total. The van der Waals surface area contributed by atoms with E-state index in [1.165, 1.54) is 148 Å². The van der Waals surface area contributed by atoms with Gasteiger partial charge in [0, 0.05) is 6.42 Å². The number of carbonyl (C=O) groups is 2. The van der Waals surface area contributed by atoms with Crippen molar-refractivity contribution in [3.8, 4) is 0 Å². The molecule has 1 amide bonds. The molecule has 0 aliphatic rings. The van der Waals surface area contributed by atoms with Gasteiger partial charge in [0.2, 0.25) is 5.91 Å². The predicted molar refractivity (Wildman–Crippen MR) is 190 cm³/mol. The van der Waals surface area contributed by atoms with Crippen LogP contribution in [-0.4, -0.2) is 11.7 Å². The Bertz CT molecular complexity index is 653. The summed E-state index contributed by atoms with van der Waals surface area (Å²) in [7, 11) is 0. The smallest absolute Gasteiger partial charge is 0.227 e. The maximum absolute atomic E-state index is 12.6. The van der Waals surface area contributed by atoms with Crippen molar-refractivity contribution < 1.29 is 9.59 Å². The van der Waals surface area contributed by atoms with Crippen molar-refractivity contribution in [3.63, 3.8) is 0 Å². The molecule has 0 spiro atoms. The van der Waals surface area contributed by atoms with Crippen molar-refractivity contribution in [2.45, 2.75) is 213 Å². The van der Waals surface area contributed by atoms with E-state index in [9.17, 15) is 9.59 Å². The lowest BCUT2D eigenvalue weighted by Gasteiger charge is -2.12. The van der Waals surface area contributed by atoms with Gasteiger partial charge < -0.3 is 5.73 Å². The van der Waals surface area contributed by atoms with Crippen molar-refractivity contribution >= 4 is 11.7 Å². The summed E-state index contributed by atoms with van der Waals surface area (Å²) in [4.78, 5) is 24.5. The normalized spacial score (nSPS) is 12.5. The molecule has 0 aromatic rings. The number of amides is 1. The highest BCUT2D eigenvalue weighted by molar-refractivity contribution is 6.00. The minimum absolute atomic E-state index is 0.0742. The third kappa shape index (κ3) is 31.8. The van der Waals surface area contributed by atoms with Crippen molar-refractivity contribution in [1.82, 2.24) is 0 Å². The summed E-state index contributed by atoms with van der Waals surface area (Å²) in [5.74, 6) is -0.906. The van der Waals surface area contributed by atoms with Gasteiger partial charge in [-0.2, -0.15) is 0 Å². The summed E-state index contributed by atoms with van der Waals surface area (Å²) < 4.78 is 0. The highest BCUT2D eigenvalue weighted by Crippen LogP contribution is 2.18. The third-order valence-corrected chi connectivity index (χ3v) is 8.95. The van der Waals surface area contributed by atoms with Crippen LogP contribution in [0.5, 0.6) is 0 Å². The van der Waals surface area contributed by atoms with E-state index in [-0.39, 0.29) is 5.78 Å². The first-order valence-electron chi connectivity index (χ1n) is 19.2. The Balaban J connectivity index is 3.57. The van der Waals surface area contributed by atoms with Crippen LogP contribution in [0.4, 0.5) is 0 Å². The van der Waals surface area contributed by atoms with E-state index >= 15 is 0 Å². The van der Waals surface area contributed by atoms with Crippen LogP contribution in [0.15, 0.2) is 24.3 Å². The maximum Gasteiger partial charge on any atom is 0.227 e. The number of nitrogens with two attached hydrogens (primary N) is 1. The van der Waals surface area contributed by atoms with E-state index in [0.717, 1.165) is 38.5 Å². The molecule has 0 aromatic heterocycles. The SMILES string of the molecule is CCCCC/C=C\C/C=C\CCCCCCCC(=O)C(CCCCCCCCCCCCCCCCCCCC)C(N)=O. The van der Waals surface area contributed by atoms with Gasteiger partial charge in [-0.15, -0.1) is 0 Å². The van der Waals surface area contributed by atoms with Crippen LogP contribution in [0.1, 0.15) is 213 Å². The Hall–Kier alpha value is -1.38. The molecule has 3 heteroatoms. The molecule has 0 aliphatic heterocycles. The van der Waals surface area contributed by atoms with E-state index < -0.39 is 11.8 Å². The van der Waals surface area contributed by atoms with Crippen LogP contribution in [0.2, 0.25) is 0 Å². The molecule has 0 heterocycles. The fourth-order valence-corrected chi connectivity index (χ4v) is 6.00. The number of primary amides is 1. The predicted octanol–water partition coefficient (Wildman–Crippen LogP) is 12.9. The molecular formula is C40H75NO2. The molecule has 0 aromatic carbocycles. The molecule has 0 fully saturated rings. The van der Waals surface area contributed by atoms with Crippen LogP contribution in [0.25, 0.3) is 0 Å². The van der Waals surface area contributed by atoms with Crippen molar-refractivity contribution in [2.75, 3.05) is 0 Å². The van der Waals surface area contributed by atoms with Gasteiger partial charge in [-0.05, 0) is 44.9 Å². The van der Waals surface area contributed by atoms with Gasteiger partial charge in [-0.25, -0.2) is 0 Å². The molecule has 0 saturated heterocycles.